The van der Waals surface area contributed by atoms with Crippen LogP contribution in [0.5, 0.6) is 0 Å². The summed E-state index contributed by atoms with van der Waals surface area (Å²) in [5.74, 6) is -1.25. The second kappa shape index (κ2) is 8.05. The lowest BCUT2D eigenvalue weighted by Gasteiger charge is -2.22. The number of hydrogen-bond acceptors (Lipinski definition) is 3. The van der Waals surface area contributed by atoms with Crippen LogP contribution in [0.15, 0.2) is 24.3 Å². The molecule has 1 aromatic carbocycles. The number of nitrogens with zero attached hydrogens (tertiary/aromatic N) is 1. The molecule has 1 aliphatic rings. The van der Waals surface area contributed by atoms with Crippen molar-refractivity contribution < 1.29 is 22.8 Å². The van der Waals surface area contributed by atoms with E-state index in [0.29, 0.717) is 19.6 Å². The van der Waals surface area contributed by atoms with Crippen molar-refractivity contribution in [2.24, 2.45) is 11.1 Å². The van der Waals surface area contributed by atoms with E-state index in [1.165, 1.54) is 12.1 Å². The molecule has 1 aliphatic heterocycles. The number of alkyl halides is 3. The Morgan fingerprint density at radius 1 is 1.32 bits per heavy atom. The minimum Gasteiger partial charge on any atom is -0.343 e. The average Bonchev–Trinajstić information content (AvgIpc) is 2.95. The van der Waals surface area contributed by atoms with Gasteiger partial charge in [-0.15, -0.1) is 12.4 Å². The summed E-state index contributed by atoms with van der Waals surface area (Å²) in [5, 5.41) is 2.27. The Labute approximate surface area is 150 Å². The zero-order valence-electron chi connectivity index (χ0n) is 13.7. The predicted octanol–water partition coefficient (Wildman–Crippen LogP) is 2.05. The van der Waals surface area contributed by atoms with Gasteiger partial charge in [-0.1, -0.05) is 19.1 Å². The number of carbonyl (C=O) groups excluding carboxylic acids is 2. The van der Waals surface area contributed by atoms with Crippen molar-refractivity contribution in [3.8, 4) is 0 Å². The number of likely N-dealkylation sites (tertiary alicyclic amines) is 1. The Morgan fingerprint density at radius 2 is 1.96 bits per heavy atom. The van der Waals surface area contributed by atoms with Crippen molar-refractivity contribution >= 4 is 24.2 Å². The second-order valence-electron chi connectivity index (χ2n) is 6.31. The van der Waals surface area contributed by atoms with Gasteiger partial charge in [0.2, 0.25) is 5.91 Å². The van der Waals surface area contributed by atoms with Gasteiger partial charge in [0.15, 0.2) is 0 Å². The van der Waals surface area contributed by atoms with Gasteiger partial charge < -0.3 is 16.0 Å². The van der Waals surface area contributed by atoms with Crippen LogP contribution in [0.25, 0.3) is 0 Å². The van der Waals surface area contributed by atoms with E-state index >= 15 is 0 Å². The molecule has 140 valence electrons. The van der Waals surface area contributed by atoms with E-state index in [0.717, 1.165) is 18.6 Å². The fourth-order valence-corrected chi connectivity index (χ4v) is 2.69. The number of benzene rings is 1. The Bertz CT molecular complexity index is 639. The van der Waals surface area contributed by atoms with Crippen molar-refractivity contribution in [1.29, 1.82) is 0 Å². The maximum atomic E-state index is 12.9. The minimum absolute atomic E-state index is 0. The maximum Gasteiger partial charge on any atom is 0.417 e. The molecule has 1 aromatic rings. The molecule has 0 bridgehead atoms. The number of nitrogens with two attached hydrogens (primary N) is 1. The molecule has 2 rings (SSSR count). The smallest absolute Gasteiger partial charge is 0.343 e. The van der Waals surface area contributed by atoms with Crippen LogP contribution in [0.3, 0.4) is 0 Å². The van der Waals surface area contributed by atoms with E-state index in [1.807, 2.05) is 6.92 Å². The Balaban J connectivity index is 0.00000312. The van der Waals surface area contributed by atoms with Crippen LogP contribution in [0, 0.1) is 5.41 Å². The van der Waals surface area contributed by atoms with Crippen molar-refractivity contribution in [3.05, 3.63) is 35.4 Å². The van der Waals surface area contributed by atoms with Crippen molar-refractivity contribution in [1.82, 2.24) is 10.2 Å². The first-order chi connectivity index (χ1) is 11.2. The lowest BCUT2D eigenvalue weighted by atomic mass is 9.90. The van der Waals surface area contributed by atoms with Gasteiger partial charge in [0.05, 0.1) is 17.7 Å². The van der Waals surface area contributed by atoms with Crippen molar-refractivity contribution in [2.75, 3.05) is 26.2 Å². The van der Waals surface area contributed by atoms with Crippen LogP contribution in [0.2, 0.25) is 0 Å². The first-order valence-corrected chi connectivity index (χ1v) is 7.58. The van der Waals surface area contributed by atoms with Gasteiger partial charge in [0, 0.05) is 13.1 Å². The second-order valence-corrected chi connectivity index (χ2v) is 6.31. The van der Waals surface area contributed by atoms with Gasteiger partial charge in [-0.25, -0.2) is 0 Å². The molecule has 1 heterocycles. The highest BCUT2D eigenvalue weighted by Crippen LogP contribution is 2.32. The molecule has 5 nitrogen and oxygen atoms in total. The number of nitrogens with one attached hydrogen (secondary N) is 1. The fourth-order valence-electron chi connectivity index (χ4n) is 2.69. The molecular weight excluding hydrogens is 359 g/mol. The van der Waals surface area contributed by atoms with Gasteiger partial charge in [-0.3, -0.25) is 9.59 Å². The van der Waals surface area contributed by atoms with Crippen LogP contribution in [-0.4, -0.2) is 42.9 Å². The van der Waals surface area contributed by atoms with Gasteiger partial charge in [-0.2, -0.15) is 13.2 Å². The van der Waals surface area contributed by atoms with E-state index in [4.69, 9.17) is 5.73 Å². The predicted molar refractivity (Wildman–Crippen MR) is 89.4 cm³/mol. The Kier molecular flexibility index (Phi) is 6.84. The minimum atomic E-state index is -4.63. The molecule has 9 heteroatoms. The summed E-state index contributed by atoms with van der Waals surface area (Å²) < 4.78 is 38.7. The highest BCUT2D eigenvalue weighted by molar-refractivity contribution is 5.97. The molecule has 0 radical (unpaired) electrons. The zero-order valence-corrected chi connectivity index (χ0v) is 14.5. The lowest BCUT2D eigenvalue weighted by Crippen LogP contribution is -2.41. The summed E-state index contributed by atoms with van der Waals surface area (Å²) in [6.07, 6.45) is -3.87. The Hall–Kier alpha value is -1.80. The molecule has 3 N–H and O–H groups in total. The third kappa shape index (κ3) is 5.09. The molecule has 0 spiro atoms. The van der Waals surface area contributed by atoms with Crippen molar-refractivity contribution in [2.45, 2.75) is 19.5 Å². The SMILES string of the molecule is CC1(CN)CCN(C(=O)CNC(=O)c2ccccc2C(F)(F)F)C1.Cl. The standard InChI is InChI=1S/C16H20F3N3O2.ClH/c1-15(9-20)6-7-22(10-15)13(23)8-21-14(24)11-4-2-3-5-12(11)16(17,18)19;/h2-5H,6-10,20H2,1H3,(H,21,24);1H. The van der Waals surface area contributed by atoms with E-state index in [1.54, 1.807) is 4.90 Å². The summed E-state index contributed by atoms with van der Waals surface area (Å²) in [5.41, 5.74) is 4.01. The van der Waals surface area contributed by atoms with Gasteiger partial charge in [0.1, 0.15) is 0 Å². The summed E-state index contributed by atoms with van der Waals surface area (Å²) in [7, 11) is 0. The third-order valence-corrected chi connectivity index (χ3v) is 4.28. The molecule has 2 amide bonds. The highest BCUT2D eigenvalue weighted by atomic mass is 35.5. The third-order valence-electron chi connectivity index (χ3n) is 4.28. The van der Waals surface area contributed by atoms with E-state index in [2.05, 4.69) is 5.32 Å². The largest absolute Gasteiger partial charge is 0.417 e. The number of rotatable bonds is 4. The summed E-state index contributed by atoms with van der Waals surface area (Å²) in [4.78, 5) is 25.7. The molecule has 0 aliphatic carbocycles. The van der Waals surface area contributed by atoms with E-state index < -0.39 is 23.2 Å². The highest BCUT2D eigenvalue weighted by Gasteiger charge is 2.36. The molecule has 0 saturated carbocycles. The first-order valence-electron chi connectivity index (χ1n) is 7.58. The lowest BCUT2D eigenvalue weighted by molar-refractivity contribution is -0.137. The van der Waals surface area contributed by atoms with Gasteiger partial charge >= 0.3 is 6.18 Å². The molecule has 1 unspecified atom stereocenters. The first kappa shape index (κ1) is 21.2. The topological polar surface area (TPSA) is 75.4 Å². The molecule has 25 heavy (non-hydrogen) atoms. The number of halogens is 4. The fraction of sp³-hybridized carbons (Fsp3) is 0.500. The maximum absolute atomic E-state index is 12.9. The summed E-state index contributed by atoms with van der Waals surface area (Å²) in [6, 6.07) is 4.48. The normalized spacial score (nSPS) is 20.1. The monoisotopic (exact) mass is 379 g/mol. The van der Waals surface area contributed by atoms with Crippen LogP contribution >= 0.6 is 12.4 Å². The molecule has 1 fully saturated rings. The molecular formula is C16H21ClF3N3O2. The summed E-state index contributed by atoms with van der Waals surface area (Å²) in [6.45, 7) is 3.09. The molecule has 0 aromatic heterocycles. The van der Waals surface area contributed by atoms with Crippen LogP contribution in [0.4, 0.5) is 13.2 Å². The molecule has 1 atom stereocenters. The van der Waals surface area contributed by atoms with Crippen LogP contribution in [0.1, 0.15) is 29.3 Å². The van der Waals surface area contributed by atoms with Gasteiger partial charge in [-0.05, 0) is 30.5 Å². The average molecular weight is 380 g/mol. The van der Waals surface area contributed by atoms with Gasteiger partial charge in [0.25, 0.3) is 5.91 Å². The number of hydrogen-bond donors (Lipinski definition) is 2. The van der Waals surface area contributed by atoms with Crippen molar-refractivity contribution in [3.63, 3.8) is 0 Å². The van der Waals surface area contributed by atoms with E-state index in [9.17, 15) is 22.8 Å². The number of carbonyl (C=O) groups is 2. The van der Waals surface area contributed by atoms with Crippen LogP contribution < -0.4 is 11.1 Å². The summed E-state index contributed by atoms with van der Waals surface area (Å²) >= 11 is 0. The molecule has 1 saturated heterocycles. The van der Waals surface area contributed by atoms with E-state index in [-0.39, 0.29) is 30.3 Å². The Morgan fingerprint density at radius 3 is 2.52 bits per heavy atom. The van der Waals surface area contributed by atoms with Crippen LogP contribution in [-0.2, 0) is 11.0 Å². The zero-order chi connectivity index (χ0) is 18.0. The number of amides is 2. The quantitative estimate of drug-likeness (QED) is 0.840.